The van der Waals surface area contributed by atoms with Gasteiger partial charge in [-0.3, -0.25) is 0 Å². The lowest BCUT2D eigenvalue weighted by Gasteiger charge is -2.34. The van der Waals surface area contributed by atoms with Gasteiger partial charge in [0.15, 0.2) is 0 Å². The summed E-state index contributed by atoms with van der Waals surface area (Å²) in [5.74, 6) is 0.244. The summed E-state index contributed by atoms with van der Waals surface area (Å²) in [7, 11) is 2.05. The molecule has 1 rings (SSSR count). The molecule has 0 N–H and O–H groups in total. The van der Waals surface area contributed by atoms with Crippen molar-refractivity contribution < 1.29 is 19.1 Å². The van der Waals surface area contributed by atoms with Crippen LogP contribution in [-0.2, 0) is 9.47 Å². The van der Waals surface area contributed by atoms with Crippen LogP contribution in [0, 0.1) is 5.92 Å². The van der Waals surface area contributed by atoms with E-state index in [1.165, 1.54) is 0 Å². The molecule has 1 aliphatic rings. The zero-order valence-corrected chi connectivity index (χ0v) is 15.6. The molecule has 0 bridgehead atoms. The third-order valence-corrected chi connectivity index (χ3v) is 3.39. The molecule has 0 aromatic heterocycles. The van der Waals surface area contributed by atoms with Crippen molar-refractivity contribution in [3.8, 4) is 0 Å². The van der Waals surface area contributed by atoms with Gasteiger partial charge >= 0.3 is 12.2 Å². The minimum atomic E-state index is -0.652. The number of imide groups is 1. The van der Waals surface area contributed by atoms with Crippen LogP contribution < -0.4 is 0 Å². The molecule has 0 spiro atoms. The molecule has 1 atom stereocenters. The van der Waals surface area contributed by atoms with Crippen LogP contribution in [0.1, 0.15) is 54.4 Å². The van der Waals surface area contributed by atoms with E-state index in [2.05, 4.69) is 11.9 Å². The fourth-order valence-corrected chi connectivity index (χ4v) is 2.54. The Bertz CT molecular complexity index is 395. The van der Waals surface area contributed by atoms with E-state index in [9.17, 15) is 9.59 Å². The number of carbonyl (C=O) groups is 2. The van der Waals surface area contributed by atoms with Gasteiger partial charge in [-0.25, -0.2) is 14.5 Å². The molecule has 0 saturated carbocycles. The summed E-state index contributed by atoms with van der Waals surface area (Å²) in [6.07, 6.45) is 0.782. The fraction of sp³-hybridized carbons (Fsp3) is 0.882. The van der Waals surface area contributed by atoms with Gasteiger partial charge in [0.05, 0.1) is 0 Å². The van der Waals surface area contributed by atoms with Crippen molar-refractivity contribution >= 4 is 12.2 Å². The highest BCUT2D eigenvalue weighted by atomic mass is 16.6. The van der Waals surface area contributed by atoms with Crippen molar-refractivity contribution in [2.75, 3.05) is 26.7 Å². The summed E-state index contributed by atoms with van der Waals surface area (Å²) in [5.41, 5.74) is -1.30. The molecule has 0 aromatic carbocycles. The average Bonchev–Trinajstić information content (AvgIpc) is 2.31. The van der Waals surface area contributed by atoms with Crippen molar-refractivity contribution in [1.82, 2.24) is 9.80 Å². The predicted octanol–water partition coefficient (Wildman–Crippen LogP) is 3.50. The number of nitrogens with zero attached hydrogens (tertiary/aromatic N) is 2. The molecule has 0 aromatic rings. The largest absolute Gasteiger partial charge is 0.443 e. The monoisotopic (exact) mass is 328 g/mol. The molecule has 134 valence electrons. The minimum absolute atomic E-state index is 0.244. The van der Waals surface area contributed by atoms with Crippen LogP contribution in [0.4, 0.5) is 9.59 Å². The second-order valence-corrected chi connectivity index (χ2v) is 8.34. The Kier molecular flexibility index (Phi) is 6.45. The maximum Gasteiger partial charge on any atom is 0.419 e. The number of likely N-dealkylation sites (tertiary alicyclic amines) is 1. The molecule has 2 amide bonds. The van der Waals surface area contributed by atoms with Crippen molar-refractivity contribution in [2.24, 2.45) is 5.92 Å². The number of carbonyl (C=O) groups excluding carboxylic acids is 2. The quantitative estimate of drug-likeness (QED) is 0.776. The van der Waals surface area contributed by atoms with Gasteiger partial charge in [-0.2, -0.15) is 0 Å². The van der Waals surface area contributed by atoms with Crippen molar-refractivity contribution in [3.63, 3.8) is 0 Å². The van der Waals surface area contributed by atoms with Crippen molar-refractivity contribution in [3.05, 3.63) is 0 Å². The predicted molar refractivity (Wildman–Crippen MR) is 89.4 cm³/mol. The molecule has 1 saturated heterocycles. The highest BCUT2D eigenvalue weighted by Gasteiger charge is 2.33. The van der Waals surface area contributed by atoms with Gasteiger partial charge in [0.25, 0.3) is 0 Å². The molecule has 1 aliphatic heterocycles. The molecule has 6 nitrogen and oxygen atoms in total. The van der Waals surface area contributed by atoms with Gasteiger partial charge in [0, 0.05) is 13.1 Å². The van der Waals surface area contributed by atoms with Crippen LogP contribution in [-0.4, -0.2) is 59.9 Å². The number of hydrogen-bond donors (Lipinski definition) is 0. The molecule has 0 radical (unpaired) electrons. The van der Waals surface area contributed by atoms with Gasteiger partial charge in [-0.1, -0.05) is 0 Å². The Morgan fingerprint density at radius 2 is 1.52 bits per heavy atom. The van der Waals surface area contributed by atoms with Crippen LogP contribution in [0.5, 0.6) is 0 Å². The summed E-state index contributed by atoms with van der Waals surface area (Å²) < 4.78 is 10.8. The van der Waals surface area contributed by atoms with Gasteiger partial charge in [0.2, 0.25) is 0 Å². The van der Waals surface area contributed by atoms with E-state index in [1.54, 1.807) is 41.5 Å². The first-order valence-electron chi connectivity index (χ1n) is 8.29. The summed E-state index contributed by atoms with van der Waals surface area (Å²) in [6.45, 7) is 12.9. The van der Waals surface area contributed by atoms with Crippen LogP contribution in [0.25, 0.3) is 0 Å². The fourth-order valence-electron chi connectivity index (χ4n) is 2.54. The number of rotatable bonds is 2. The Hall–Kier alpha value is -1.30. The first-order chi connectivity index (χ1) is 10.4. The Morgan fingerprint density at radius 3 is 1.91 bits per heavy atom. The molecule has 1 fully saturated rings. The lowest BCUT2D eigenvalue weighted by Crippen LogP contribution is -2.48. The molecule has 0 aliphatic carbocycles. The topological polar surface area (TPSA) is 59.1 Å². The standard InChI is InChI=1S/C17H32N2O4/c1-16(2,3)22-14(20)19(15(21)23-17(4,5)6)12-13-9-8-10-18(7)11-13/h13H,8-12H2,1-7H3/t13-/m1/s1. The Morgan fingerprint density at radius 1 is 1.04 bits per heavy atom. The first kappa shape index (κ1) is 19.7. The maximum atomic E-state index is 12.4. The van der Waals surface area contributed by atoms with Crippen LogP contribution in [0.2, 0.25) is 0 Å². The average molecular weight is 328 g/mol. The maximum absolute atomic E-state index is 12.4. The highest BCUT2D eigenvalue weighted by Crippen LogP contribution is 2.20. The van der Waals surface area contributed by atoms with E-state index in [0.29, 0.717) is 6.54 Å². The molecule has 23 heavy (non-hydrogen) atoms. The molecular formula is C17H32N2O4. The second-order valence-electron chi connectivity index (χ2n) is 8.34. The highest BCUT2D eigenvalue weighted by molar-refractivity contribution is 5.88. The smallest absolute Gasteiger partial charge is 0.419 e. The molecule has 0 unspecified atom stereocenters. The van der Waals surface area contributed by atoms with E-state index in [1.807, 2.05) is 0 Å². The summed E-state index contributed by atoms with van der Waals surface area (Å²) in [4.78, 5) is 28.2. The second kappa shape index (κ2) is 7.51. The first-order valence-corrected chi connectivity index (χ1v) is 8.29. The van der Waals surface area contributed by atoms with E-state index in [4.69, 9.17) is 9.47 Å². The molecular weight excluding hydrogens is 296 g/mol. The number of piperidine rings is 1. The van der Waals surface area contributed by atoms with Crippen molar-refractivity contribution in [2.45, 2.75) is 65.6 Å². The van der Waals surface area contributed by atoms with Crippen LogP contribution in [0.3, 0.4) is 0 Å². The Balaban J connectivity index is 2.82. The van der Waals surface area contributed by atoms with Gasteiger partial charge < -0.3 is 14.4 Å². The van der Waals surface area contributed by atoms with Crippen LogP contribution in [0.15, 0.2) is 0 Å². The van der Waals surface area contributed by atoms with Gasteiger partial charge in [0.1, 0.15) is 11.2 Å². The zero-order valence-electron chi connectivity index (χ0n) is 15.6. The van der Waals surface area contributed by atoms with Crippen LogP contribution >= 0.6 is 0 Å². The third kappa shape index (κ3) is 7.68. The number of amides is 2. The molecule has 6 heteroatoms. The van der Waals surface area contributed by atoms with E-state index >= 15 is 0 Å². The number of hydrogen-bond acceptors (Lipinski definition) is 5. The zero-order chi connectivity index (χ0) is 17.8. The summed E-state index contributed by atoms with van der Waals surface area (Å²) in [6, 6.07) is 0. The normalized spacial score (nSPS) is 20.0. The Labute approximate surface area is 140 Å². The van der Waals surface area contributed by atoms with Gasteiger partial charge in [-0.15, -0.1) is 0 Å². The van der Waals surface area contributed by atoms with Gasteiger partial charge in [-0.05, 0) is 73.9 Å². The molecule has 1 heterocycles. The lowest BCUT2D eigenvalue weighted by molar-refractivity contribution is -0.00356. The lowest BCUT2D eigenvalue weighted by atomic mass is 9.98. The minimum Gasteiger partial charge on any atom is -0.443 e. The third-order valence-electron chi connectivity index (χ3n) is 3.39. The van der Waals surface area contributed by atoms with E-state index < -0.39 is 23.4 Å². The van der Waals surface area contributed by atoms with E-state index in [0.717, 1.165) is 30.8 Å². The summed E-state index contributed by atoms with van der Waals surface area (Å²) in [5, 5.41) is 0. The summed E-state index contributed by atoms with van der Waals surface area (Å²) >= 11 is 0. The van der Waals surface area contributed by atoms with Crippen molar-refractivity contribution in [1.29, 1.82) is 0 Å². The number of ether oxygens (including phenoxy) is 2. The van der Waals surface area contributed by atoms with E-state index in [-0.39, 0.29) is 5.92 Å². The SMILES string of the molecule is CN1CCC[C@@H](CN(C(=O)OC(C)(C)C)C(=O)OC(C)(C)C)C1.